The van der Waals surface area contributed by atoms with Gasteiger partial charge in [0.15, 0.2) is 11.4 Å². The molecule has 0 fully saturated rings. The number of carbonyl (C=O) groups is 1. The Balaban J connectivity index is 1.87. The molecule has 0 atom stereocenters. The summed E-state index contributed by atoms with van der Waals surface area (Å²) in [5.41, 5.74) is 1.04. The molecule has 1 aromatic heterocycles. The molecule has 0 amide bonds. The maximum atomic E-state index is 13.8. The van der Waals surface area contributed by atoms with Crippen LogP contribution in [-0.4, -0.2) is 36.8 Å². The lowest BCUT2D eigenvalue weighted by Gasteiger charge is -2.26. The zero-order valence-electron chi connectivity index (χ0n) is 21.9. The van der Waals surface area contributed by atoms with Gasteiger partial charge in [0.05, 0.1) is 48.7 Å². The SMILES string of the molecule is COC(=O)c1c(N(Cc2ccc(OC)cc2)Cc2ccc(OC)cc2)ncn(-c2c(Cl)cc(C#N)cc2Cl)c1=O. The Morgan fingerprint density at radius 2 is 1.43 bits per heavy atom. The monoisotopic (exact) mass is 578 g/mol. The standard InChI is InChI=1S/C29H24Cl2N4O5/c1-38-21-8-4-18(5-9-21)15-34(16-19-6-10-22(39-2)11-7-19)27-25(29(37)40-3)28(36)35(17-33-27)26-23(30)12-20(14-32)13-24(26)31/h4-13,17H,15-16H2,1-3H3. The highest BCUT2D eigenvalue weighted by Crippen LogP contribution is 2.30. The molecule has 0 spiro atoms. The van der Waals surface area contributed by atoms with Crippen molar-refractivity contribution in [3.63, 3.8) is 0 Å². The van der Waals surface area contributed by atoms with Gasteiger partial charge in [-0.25, -0.2) is 9.78 Å². The molecule has 0 saturated carbocycles. The van der Waals surface area contributed by atoms with Crippen molar-refractivity contribution in [2.75, 3.05) is 26.2 Å². The third kappa shape index (κ3) is 6.04. The van der Waals surface area contributed by atoms with Gasteiger partial charge in [-0.15, -0.1) is 0 Å². The Morgan fingerprint density at radius 1 is 0.925 bits per heavy atom. The number of halogens is 2. The van der Waals surface area contributed by atoms with Gasteiger partial charge < -0.3 is 19.1 Å². The predicted octanol–water partition coefficient (Wildman–Crippen LogP) is 5.42. The highest BCUT2D eigenvalue weighted by Gasteiger charge is 2.26. The molecule has 0 aliphatic carbocycles. The normalized spacial score (nSPS) is 10.5. The molecule has 4 rings (SSSR count). The zero-order chi connectivity index (χ0) is 28.8. The molecule has 3 aromatic carbocycles. The summed E-state index contributed by atoms with van der Waals surface area (Å²) in [5, 5.41) is 9.31. The fourth-order valence-corrected chi connectivity index (χ4v) is 4.76. The number of nitrogens with zero attached hydrogens (tertiary/aromatic N) is 4. The average Bonchev–Trinajstić information content (AvgIpc) is 2.97. The number of hydrogen-bond donors (Lipinski definition) is 0. The maximum Gasteiger partial charge on any atom is 0.347 e. The van der Waals surface area contributed by atoms with Crippen molar-refractivity contribution < 1.29 is 19.0 Å². The van der Waals surface area contributed by atoms with Gasteiger partial charge in [0.25, 0.3) is 5.56 Å². The molecule has 1 heterocycles. The number of carbonyl (C=O) groups excluding carboxylic acids is 1. The minimum absolute atomic E-state index is 0.0461. The molecular weight excluding hydrogens is 555 g/mol. The van der Waals surface area contributed by atoms with Gasteiger partial charge in [-0.2, -0.15) is 5.26 Å². The van der Waals surface area contributed by atoms with E-state index in [0.717, 1.165) is 15.7 Å². The number of methoxy groups -OCH3 is 3. The van der Waals surface area contributed by atoms with Crippen LogP contribution in [0.15, 0.2) is 71.8 Å². The Hall–Kier alpha value is -4.52. The van der Waals surface area contributed by atoms with Crippen LogP contribution in [0.25, 0.3) is 5.69 Å². The number of rotatable bonds is 9. The van der Waals surface area contributed by atoms with Gasteiger partial charge in [-0.3, -0.25) is 9.36 Å². The van der Waals surface area contributed by atoms with Crippen LogP contribution < -0.4 is 19.9 Å². The molecule has 204 valence electrons. The second kappa shape index (κ2) is 12.6. The van der Waals surface area contributed by atoms with Crippen LogP contribution in [0.2, 0.25) is 10.0 Å². The molecule has 0 N–H and O–H groups in total. The fraction of sp³-hybridized carbons (Fsp3) is 0.172. The third-order valence-electron chi connectivity index (χ3n) is 6.09. The molecular formula is C29H24Cl2N4O5. The van der Waals surface area contributed by atoms with Crippen molar-refractivity contribution in [2.24, 2.45) is 0 Å². The molecule has 0 radical (unpaired) electrons. The highest BCUT2D eigenvalue weighted by atomic mass is 35.5. The van der Waals surface area contributed by atoms with E-state index in [9.17, 15) is 14.9 Å². The summed E-state index contributed by atoms with van der Waals surface area (Å²) >= 11 is 12.8. The number of nitriles is 1. The third-order valence-corrected chi connectivity index (χ3v) is 6.67. The second-order valence-corrected chi connectivity index (χ2v) is 9.38. The Bertz CT molecular complexity index is 1560. The molecule has 40 heavy (non-hydrogen) atoms. The quantitative estimate of drug-likeness (QED) is 0.242. The highest BCUT2D eigenvalue weighted by molar-refractivity contribution is 6.38. The van der Waals surface area contributed by atoms with Crippen molar-refractivity contribution in [1.82, 2.24) is 9.55 Å². The van der Waals surface area contributed by atoms with E-state index in [0.29, 0.717) is 24.6 Å². The number of aromatic nitrogens is 2. The van der Waals surface area contributed by atoms with E-state index in [1.165, 1.54) is 25.6 Å². The molecule has 0 unspecified atom stereocenters. The molecule has 0 aliphatic heterocycles. The topological polar surface area (TPSA) is 107 Å². The first-order valence-electron chi connectivity index (χ1n) is 11.9. The van der Waals surface area contributed by atoms with E-state index in [4.69, 9.17) is 37.4 Å². The summed E-state index contributed by atoms with van der Waals surface area (Å²) in [6.45, 7) is 0.601. The lowest BCUT2D eigenvalue weighted by Crippen LogP contribution is -2.33. The molecule has 4 aromatic rings. The van der Waals surface area contributed by atoms with Gasteiger partial charge in [0.2, 0.25) is 0 Å². The van der Waals surface area contributed by atoms with E-state index in [1.807, 2.05) is 54.6 Å². The first-order chi connectivity index (χ1) is 19.3. The average molecular weight is 579 g/mol. The molecule has 0 saturated heterocycles. The van der Waals surface area contributed by atoms with Crippen molar-refractivity contribution in [3.8, 4) is 23.3 Å². The van der Waals surface area contributed by atoms with Gasteiger partial charge in [0, 0.05) is 13.1 Å². The van der Waals surface area contributed by atoms with E-state index in [2.05, 4.69) is 4.98 Å². The lowest BCUT2D eigenvalue weighted by atomic mass is 10.1. The van der Waals surface area contributed by atoms with Crippen molar-refractivity contribution in [1.29, 1.82) is 5.26 Å². The number of ether oxygens (including phenoxy) is 3. The molecule has 11 heteroatoms. The summed E-state index contributed by atoms with van der Waals surface area (Å²) in [6.07, 6.45) is 1.25. The van der Waals surface area contributed by atoms with Crippen molar-refractivity contribution in [3.05, 3.63) is 110 Å². The smallest absolute Gasteiger partial charge is 0.347 e. The summed E-state index contributed by atoms with van der Waals surface area (Å²) in [4.78, 5) is 33.2. The van der Waals surface area contributed by atoms with Crippen LogP contribution in [0.1, 0.15) is 27.0 Å². The van der Waals surface area contributed by atoms with E-state index in [1.54, 1.807) is 19.1 Å². The minimum Gasteiger partial charge on any atom is -0.497 e. The second-order valence-electron chi connectivity index (χ2n) is 8.56. The van der Waals surface area contributed by atoms with Gasteiger partial charge in [-0.05, 0) is 47.5 Å². The summed E-state index contributed by atoms with van der Waals surface area (Å²) in [6, 6.07) is 19.5. The van der Waals surface area contributed by atoms with Gasteiger partial charge in [0.1, 0.15) is 17.8 Å². The summed E-state index contributed by atoms with van der Waals surface area (Å²) < 4.78 is 16.6. The number of esters is 1. The van der Waals surface area contributed by atoms with E-state index < -0.39 is 11.5 Å². The van der Waals surface area contributed by atoms with Crippen LogP contribution in [-0.2, 0) is 17.8 Å². The number of benzene rings is 3. The Morgan fingerprint density at radius 3 is 1.85 bits per heavy atom. The van der Waals surface area contributed by atoms with E-state index in [-0.39, 0.29) is 32.7 Å². The fourth-order valence-electron chi connectivity index (χ4n) is 4.09. The van der Waals surface area contributed by atoms with Crippen LogP contribution in [0, 0.1) is 11.3 Å². The van der Waals surface area contributed by atoms with Crippen LogP contribution in [0.3, 0.4) is 0 Å². The molecule has 0 aliphatic rings. The van der Waals surface area contributed by atoms with Gasteiger partial charge >= 0.3 is 5.97 Å². The summed E-state index contributed by atoms with van der Waals surface area (Å²) in [7, 11) is 4.35. The van der Waals surface area contributed by atoms with Crippen LogP contribution in [0.4, 0.5) is 5.82 Å². The minimum atomic E-state index is -0.878. The Labute approximate surface area is 240 Å². The van der Waals surface area contributed by atoms with Crippen molar-refractivity contribution in [2.45, 2.75) is 13.1 Å². The molecule has 0 bridgehead atoms. The number of anilines is 1. The van der Waals surface area contributed by atoms with Gasteiger partial charge in [-0.1, -0.05) is 47.5 Å². The Kier molecular flexibility index (Phi) is 8.94. The molecule has 9 nitrogen and oxygen atoms in total. The van der Waals surface area contributed by atoms with Crippen LogP contribution >= 0.6 is 23.2 Å². The first-order valence-corrected chi connectivity index (χ1v) is 12.7. The zero-order valence-corrected chi connectivity index (χ0v) is 23.4. The maximum absolute atomic E-state index is 13.8. The first kappa shape index (κ1) is 28.5. The lowest BCUT2D eigenvalue weighted by molar-refractivity contribution is 0.0598. The largest absolute Gasteiger partial charge is 0.497 e. The van der Waals surface area contributed by atoms with Crippen LogP contribution in [0.5, 0.6) is 11.5 Å². The number of hydrogen-bond acceptors (Lipinski definition) is 8. The summed E-state index contributed by atoms with van der Waals surface area (Å²) in [5.74, 6) is 0.619. The predicted molar refractivity (Wildman–Crippen MR) is 152 cm³/mol. The van der Waals surface area contributed by atoms with Crippen molar-refractivity contribution >= 4 is 35.0 Å². The van der Waals surface area contributed by atoms with E-state index >= 15 is 0 Å².